The van der Waals surface area contributed by atoms with Gasteiger partial charge in [0.2, 0.25) is 0 Å². The van der Waals surface area contributed by atoms with Gasteiger partial charge in [0.05, 0.1) is 0 Å². The minimum absolute atomic E-state index is 0.165. The van der Waals surface area contributed by atoms with Crippen LogP contribution in [0.4, 0.5) is 4.79 Å². The number of nitrogens with one attached hydrogen (secondary N) is 1. The van der Waals surface area contributed by atoms with Crippen molar-refractivity contribution < 1.29 is 9.53 Å². The predicted molar refractivity (Wildman–Crippen MR) is 109 cm³/mol. The maximum absolute atomic E-state index is 12.2. The van der Waals surface area contributed by atoms with Gasteiger partial charge < -0.3 is 10.1 Å². The summed E-state index contributed by atoms with van der Waals surface area (Å²) in [6.45, 7) is 2.99. The summed E-state index contributed by atoms with van der Waals surface area (Å²) in [5, 5.41) is 2.94. The second-order valence-electron chi connectivity index (χ2n) is 6.66. The summed E-state index contributed by atoms with van der Waals surface area (Å²) in [5.41, 5.74) is 3.44. The third-order valence-electron chi connectivity index (χ3n) is 4.84. The summed E-state index contributed by atoms with van der Waals surface area (Å²) in [6, 6.07) is 30.4. The number of hydrogen-bond donors (Lipinski definition) is 1. The van der Waals surface area contributed by atoms with E-state index in [-0.39, 0.29) is 24.5 Å². The topological polar surface area (TPSA) is 38.3 Å². The molecule has 3 heteroatoms. The molecule has 3 aromatic rings. The van der Waals surface area contributed by atoms with Crippen LogP contribution in [0.3, 0.4) is 0 Å². The number of ether oxygens (including phenoxy) is 1. The van der Waals surface area contributed by atoms with Crippen LogP contribution in [0.15, 0.2) is 91.0 Å². The molecule has 0 heterocycles. The number of carbonyl (C=O) groups excluding carboxylic acids is 1. The lowest BCUT2D eigenvalue weighted by Crippen LogP contribution is -2.30. The molecule has 0 bridgehead atoms. The highest BCUT2D eigenvalue weighted by Gasteiger charge is 2.21. The Morgan fingerprint density at radius 1 is 0.815 bits per heavy atom. The van der Waals surface area contributed by atoms with Crippen LogP contribution in [0.5, 0.6) is 0 Å². The first-order valence-corrected chi connectivity index (χ1v) is 9.28. The first kappa shape index (κ1) is 18.7. The van der Waals surface area contributed by atoms with Crippen molar-refractivity contribution in [1.82, 2.24) is 5.32 Å². The van der Waals surface area contributed by atoms with Gasteiger partial charge in [-0.25, -0.2) is 4.79 Å². The molecule has 3 rings (SSSR count). The van der Waals surface area contributed by atoms with Gasteiger partial charge in [0.25, 0.3) is 0 Å². The molecule has 1 amide bonds. The number of amides is 1. The van der Waals surface area contributed by atoms with Gasteiger partial charge >= 0.3 is 6.09 Å². The highest BCUT2D eigenvalue weighted by Crippen LogP contribution is 2.32. The van der Waals surface area contributed by atoms with Crippen LogP contribution >= 0.6 is 0 Å². The normalized spacial score (nSPS) is 12.8. The highest BCUT2D eigenvalue weighted by molar-refractivity contribution is 5.67. The molecule has 0 aliphatic carbocycles. The Labute approximate surface area is 161 Å². The van der Waals surface area contributed by atoms with E-state index >= 15 is 0 Å². The zero-order valence-electron chi connectivity index (χ0n) is 15.5. The Balaban J connectivity index is 1.64. The van der Waals surface area contributed by atoms with Crippen molar-refractivity contribution in [2.45, 2.75) is 25.4 Å². The van der Waals surface area contributed by atoms with Crippen LogP contribution in [-0.4, -0.2) is 12.6 Å². The van der Waals surface area contributed by atoms with E-state index in [0.717, 1.165) is 5.56 Å². The quantitative estimate of drug-likeness (QED) is 0.605. The highest BCUT2D eigenvalue weighted by atomic mass is 16.5. The average Bonchev–Trinajstić information content (AvgIpc) is 2.74. The maximum Gasteiger partial charge on any atom is 0.407 e. The van der Waals surface area contributed by atoms with E-state index in [1.165, 1.54) is 11.1 Å². The smallest absolute Gasteiger partial charge is 0.407 e. The molecule has 0 saturated carbocycles. The monoisotopic (exact) mass is 359 g/mol. The van der Waals surface area contributed by atoms with E-state index in [1.54, 1.807) is 0 Å². The lowest BCUT2D eigenvalue weighted by Gasteiger charge is -2.25. The van der Waals surface area contributed by atoms with Crippen LogP contribution in [0.1, 0.15) is 35.4 Å². The molecule has 0 unspecified atom stereocenters. The van der Waals surface area contributed by atoms with Gasteiger partial charge in [-0.1, -0.05) is 97.9 Å². The molecule has 0 aliphatic heterocycles. The Morgan fingerprint density at radius 3 is 1.93 bits per heavy atom. The molecule has 0 aromatic heterocycles. The molecule has 27 heavy (non-hydrogen) atoms. The summed E-state index contributed by atoms with van der Waals surface area (Å²) in [7, 11) is 0. The predicted octanol–water partition coefficient (Wildman–Crippen LogP) is 5.50. The van der Waals surface area contributed by atoms with Gasteiger partial charge in [0.15, 0.2) is 0 Å². The minimum atomic E-state index is -0.389. The summed E-state index contributed by atoms with van der Waals surface area (Å²) in [6.07, 6.45) is -0.389. The SMILES string of the molecule is C[C@H](c1ccccc1)[C@H](CNC(=O)OCc1ccccc1)c1ccccc1. The average molecular weight is 359 g/mol. The number of alkyl carbamates (subject to hydrolysis) is 1. The number of benzene rings is 3. The Bertz CT molecular complexity index is 819. The zero-order valence-corrected chi connectivity index (χ0v) is 15.5. The van der Waals surface area contributed by atoms with E-state index in [1.807, 2.05) is 54.6 Å². The van der Waals surface area contributed by atoms with Crippen molar-refractivity contribution >= 4 is 6.09 Å². The zero-order chi connectivity index (χ0) is 18.9. The fraction of sp³-hybridized carbons (Fsp3) is 0.208. The maximum atomic E-state index is 12.2. The second kappa shape index (κ2) is 9.58. The summed E-state index contributed by atoms with van der Waals surface area (Å²) in [5.74, 6) is 0.431. The first-order chi connectivity index (χ1) is 13.2. The molecule has 2 atom stereocenters. The lowest BCUT2D eigenvalue weighted by atomic mass is 9.82. The summed E-state index contributed by atoms with van der Waals surface area (Å²) >= 11 is 0. The standard InChI is InChI=1S/C24H25NO2/c1-19(21-13-7-3-8-14-21)23(22-15-9-4-10-16-22)17-25-24(26)27-18-20-11-5-2-6-12-20/h2-16,19,23H,17-18H2,1H3,(H,25,26)/t19-,23+/m1/s1. The molecule has 0 fully saturated rings. The van der Waals surface area contributed by atoms with Gasteiger partial charge in [-0.3, -0.25) is 0 Å². The Kier molecular flexibility index (Phi) is 6.64. The van der Waals surface area contributed by atoms with Gasteiger partial charge in [0, 0.05) is 12.5 Å². The molecular weight excluding hydrogens is 334 g/mol. The van der Waals surface area contributed by atoms with Crippen LogP contribution in [0, 0.1) is 0 Å². The second-order valence-corrected chi connectivity index (χ2v) is 6.66. The third-order valence-corrected chi connectivity index (χ3v) is 4.84. The molecule has 3 nitrogen and oxygen atoms in total. The van der Waals surface area contributed by atoms with Crippen LogP contribution in [0.25, 0.3) is 0 Å². The third kappa shape index (κ3) is 5.45. The van der Waals surface area contributed by atoms with E-state index in [4.69, 9.17) is 4.74 Å². The van der Waals surface area contributed by atoms with Gasteiger partial charge in [0.1, 0.15) is 6.61 Å². The van der Waals surface area contributed by atoms with Crippen molar-refractivity contribution in [3.05, 3.63) is 108 Å². The van der Waals surface area contributed by atoms with E-state index in [0.29, 0.717) is 6.54 Å². The fourth-order valence-electron chi connectivity index (χ4n) is 3.24. The molecule has 138 valence electrons. The van der Waals surface area contributed by atoms with Crippen molar-refractivity contribution in [2.75, 3.05) is 6.54 Å². The number of rotatable bonds is 7. The van der Waals surface area contributed by atoms with E-state index < -0.39 is 0 Å². The summed E-state index contributed by atoms with van der Waals surface area (Å²) in [4.78, 5) is 12.2. The van der Waals surface area contributed by atoms with Crippen LogP contribution in [0.2, 0.25) is 0 Å². The van der Waals surface area contributed by atoms with Crippen LogP contribution < -0.4 is 5.32 Å². The van der Waals surface area contributed by atoms with Crippen molar-refractivity contribution in [2.24, 2.45) is 0 Å². The largest absolute Gasteiger partial charge is 0.445 e. The Morgan fingerprint density at radius 2 is 1.33 bits per heavy atom. The van der Waals surface area contributed by atoms with E-state index in [2.05, 4.69) is 48.6 Å². The molecule has 0 saturated heterocycles. The van der Waals surface area contributed by atoms with Crippen molar-refractivity contribution in [3.8, 4) is 0 Å². The molecule has 1 N–H and O–H groups in total. The molecule has 0 radical (unpaired) electrons. The van der Waals surface area contributed by atoms with Gasteiger partial charge in [-0.15, -0.1) is 0 Å². The molecule has 0 spiro atoms. The lowest BCUT2D eigenvalue weighted by molar-refractivity contribution is 0.138. The first-order valence-electron chi connectivity index (χ1n) is 9.28. The van der Waals surface area contributed by atoms with Crippen LogP contribution in [-0.2, 0) is 11.3 Å². The minimum Gasteiger partial charge on any atom is -0.445 e. The molecule has 0 aliphatic rings. The van der Waals surface area contributed by atoms with Crippen molar-refractivity contribution in [3.63, 3.8) is 0 Å². The Hall–Kier alpha value is -3.07. The van der Waals surface area contributed by atoms with Crippen molar-refractivity contribution in [1.29, 1.82) is 0 Å². The number of hydrogen-bond acceptors (Lipinski definition) is 2. The van der Waals surface area contributed by atoms with Gasteiger partial charge in [-0.05, 0) is 22.6 Å². The molecular formula is C24H25NO2. The summed E-state index contributed by atoms with van der Waals surface area (Å²) < 4.78 is 5.35. The molecule has 3 aromatic carbocycles. The number of carbonyl (C=O) groups is 1. The van der Waals surface area contributed by atoms with E-state index in [9.17, 15) is 4.79 Å². The van der Waals surface area contributed by atoms with Gasteiger partial charge in [-0.2, -0.15) is 0 Å². The fourth-order valence-corrected chi connectivity index (χ4v) is 3.24.